The van der Waals surface area contributed by atoms with E-state index in [2.05, 4.69) is 45.3 Å². The van der Waals surface area contributed by atoms with Crippen LogP contribution in [0.1, 0.15) is 61.6 Å². The molecule has 1 aromatic heterocycles. The van der Waals surface area contributed by atoms with Crippen LogP contribution in [0.2, 0.25) is 0 Å². The SMILES string of the molecule is CC(C)c1[nH]nc(C(=O)NC2(CN)CCCC2)c1Br.Cl. The van der Waals surface area contributed by atoms with E-state index in [1.807, 2.05) is 0 Å². The molecule has 0 bridgehead atoms. The second kappa shape index (κ2) is 6.91. The number of nitrogens with one attached hydrogen (secondary N) is 2. The molecular formula is C13H22BrClN4O. The summed E-state index contributed by atoms with van der Waals surface area (Å²) in [6, 6.07) is 0. The molecule has 0 radical (unpaired) electrons. The number of H-pyrrole nitrogens is 1. The van der Waals surface area contributed by atoms with Crippen molar-refractivity contribution >= 4 is 34.2 Å². The summed E-state index contributed by atoms with van der Waals surface area (Å²) < 4.78 is 0.755. The van der Waals surface area contributed by atoms with Gasteiger partial charge in [-0.1, -0.05) is 26.7 Å². The highest BCUT2D eigenvalue weighted by Gasteiger charge is 2.35. The second-order valence-corrected chi connectivity index (χ2v) is 6.39. The van der Waals surface area contributed by atoms with Crippen molar-refractivity contribution < 1.29 is 4.79 Å². The number of halogens is 2. The van der Waals surface area contributed by atoms with E-state index in [0.29, 0.717) is 18.2 Å². The maximum atomic E-state index is 12.3. The van der Waals surface area contributed by atoms with Crippen molar-refractivity contribution in [3.05, 3.63) is 15.9 Å². The third kappa shape index (κ3) is 3.35. The van der Waals surface area contributed by atoms with Crippen LogP contribution in [0, 0.1) is 0 Å². The molecule has 1 aromatic rings. The lowest BCUT2D eigenvalue weighted by molar-refractivity contribution is 0.0897. The Hall–Kier alpha value is -0.590. The number of nitrogens with zero attached hydrogens (tertiary/aromatic N) is 1. The Kier molecular flexibility index (Phi) is 6.04. The van der Waals surface area contributed by atoms with Crippen LogP contribution >= 0.6 is 28.3 Å². The highest BCUT2D eigenvalue weighted by atomic mass is 79.9. The van der Waals surface area contributed by atoms with Gasteiger partial charge < -0.3 is 11.1 Å². The Morgan fingerprint density at radius 1 is 1.50 bits per heavy atom. The molecule has 7 heteroatoms. The van der Waals surface area contributed by atoms with Gasteiger partial charge >= 0.3 is 0 Å². The number of aromatic amines is 1. The van der Waals surface area contributed by atoms with E-state index >= 15 is 0 Å². The number of hydrogen-bond acceptors (Lipinski definition) is 3. The number of aromatic nitrogens is 2. The van der Waals surface area contributed by atoms with E-state index in [-0.39, 0.29) is 23.9 Å². The van der Waals surface area contributed by atoms with Gasteiger partial charge in [-0.05, 0) is 34.7 Å². The summed E-state index contributed by atoms with van der Waals surface area (Å²) in [6.07, 6.45) is 4.15. The molecule has 114 valence electrons. The molecule has 1 saturated carbocycles. The average molecular weight is 366 g/mol. The lowest BCUT2D eigenvalue weighted by Crippen LogP contribution is -2.51. The third-order valence-electron chi connectivity index (χ3n) is 3.86. The van der Waals surface area contributed by atoms with Crippen LogP contribution in [0.15, 0.2) is 4.47 Å². The van der Waals surface area contributed by atoms with Gasteiger partial charge in [0.1, 0.15) is 0 Å². The summed E-state index contributed by atoms with van der Waals surface area (Å²) >= 11 is 3.46. The summed E-state index contributed by atoms with van der Waals surface area (Å²) in [5.41, 5.74) is 6.95. The second-order valence-electron chi connectivity index (χ2n) is 5.60. The van der Waals surface area contributed by atoms with Gasteiger partial charge in [0.25, 0.3) is 5.91 Å². The van der Waals surface area contributed by atoms with Crippen LogP contribution in [0.4, 0.5) is 0 Å². The van der Waals surface area contributed by atoms with Crippen LogP contribution in [-0.4, -0.2) is 28.2 Å². The lowest BCUT2D eigenvalue weighted by atomic mass is 9.97. The van der Waals surface area contributed by atoms with Crippen LogP contribution in [-0.2, 0) is 0 Å². The monoisotopic (exact) mass is 364 g/mol. The zero-order valence-corrected chi connectivity index (χ0v) is 14.2. The van der Waals surface area contributed by atoms with Crippen molar-refractivity contribution in [2.45, 2.75) is 51.0 Å². The molecule has 1 aliphatic carbocycles. The normalized spacial score (nSPS) is 17.1. The first kappa shape index (κ1) is 17.5. The van der Waals surface area contributed by atoms with E-state index in [4.69, 9.17) is 5.73 Å². The number of rotatable bonds is 4. The average Bonchev–Trinajstić information content (AvgIpc) is 2.96. The molecule has 0 atom stereocenters. The topological polar surface area (TPSA) is 83.8 Å². The first-order valence-electron chi connectivity index (χ1n) is 6.75. The number of nitrogens with two attached hydrogens (primary N) is 1. The van der Waals surface area contributed by atoms with Gasteiger partial charge in [0.2, 0.25) is 0 Å². The van der Waals surface area contributed by atoms with Crippen molar-refractivity contribution in [1.29, 1.82) is 0 Å². The molecule has 0 unspecified atom stereocenters. The van der Waals surface area contributed by atoms with Crippen LogP contribution in [0.25, 0.3) is 0 Å². The highest BCUT2D eigenvalue weighted by Crippen LogP contribution is 2.30. The van der Waals surface area contributed by atoms with Gasteiger partial charge in [-0.2, -0.15) is 5.10 Å². The molecule has 5 nitrogen and oxygen atoms in total. The largest absolute Gasteiger partial charge is 0.344 e. The molecule has 0 saturated heterocycles. The fourth-order valence-electron chi connectivity index (χ4n) is 2.61. The van der Waals surface area contributed by atoms with Crippen LogP contribution in [0.3, 0.4) is 0 Å². The zero-order valence-electron chi connectivity index (χ0n) is 11.8. The van der Waals surface area contributed by atoms with Gasteiger partial charge in [-0.3, -0.25) is 9.89 Å². The summed E-state index contributed by atoms with van der Waals surface area (Å²) in [6.45, 7) is 4.59. The van der Waals surface area contributed by atoms with Crippen LogP contribution in [0.5, 0.6) is 0 Å². The van der Waals surface area contributed by atoms with E-state index < -0.39 is 0 Å². The van der Waals surface area contributed by atoms with Crippen LogP contribution < -0.4 is 11.1 Å². The van der Waals surface area contributed by atoms with Gasteiger partial charge in [0.05, 0.1) is 15.7 Å². The fraction of sp³-hybridized carbons (Fsp3) is 0.692. The number of carbonyl (C=O) groups is 1. The molecule has 0 aromatic carbocycles. The van der Waals surface area contributed by atoms with Crippen molar-refractivity contribution in [1.82, 2.24) is 15.5 Å². The third-order valence-corrected chi connectivity index (χ3v) is 4.66. The molecule has 20 heavy (non-hydrogen) atoms. The lowest BCUT2D eigenvalue weighted by Gasteiger charge is -2.28. The number of carbonyl (C=O) groups excluding carboxylic acids is 1. The Labute approximate surface area is 134 Å². The minimum absolute atomic E-state index is 0. The molecule has 0 aliphatic heterocycles. The number of hydrogen-bond donors (Lipinski definition) is 3. The van der Waals surface area contributed by atoms with Gasteiger partial charge in [-0.15, -0.1) is 12.4 Å². The van der Waals surface area contributed by atoms with E-state index in [9.17, 15) is 4.79 Å². The smallest absolute Gasteiger partial charge is 0.273 e. The maximum Gasteiger partial charge on any atom is 0.273 e. The van der Waals surface area contributed by atoms with E-state index in [1.165, 1.54) is 0 Å². The standard InChI is InChI=1S/C13H21BrN4O.ClH/c1-8(2)10-9(14)11(18-17-10)12(19)16-13(7-15)5-3-4-6-13;/h8H,3-7,15H2,1-2H3,(H,16,19)(H,17,18);1H. The number of amides is 1. The zero-order chi connectivity index (χ0) is 14.0. The van der Waals surface area contributed by atoms with Crippen molar-refractivity contribution in [2.24, 2.45) is 5.73 Å². The molecule has 2 rings (SSSR count). The minimum atomic E-state index is -0.243. The molecule has 4 N–H and O–H groups in total. The minimum Gasteiger partial charge on any atom is -0.344 e. The quantitative estimate of drug-likeness (QED) is 0.767. The summed E-state index contributed by atoms with van der Waals surface area (Å²) in [5, 5.41) is 10.1. The van der Waals surface area contributed by atoms with Crippen molar-refractivity contribution in [3.63, 3.8) is 0 Å². The molecule has 1 amide bonds. The first-order valence-corrected chi connectivity index (χ1v) is 7.55. The van der Waals surface area contributed by atoms with Crippen molar-refractivity contribution in [3.8, 4) is 0 Å². The Bertz CT molecular complexity index is 469. The Morgan fingerprint density at radius 2 is 2.10 bits per heavy atom. The molecule has 1 heterocycles. The van der Waals surface area contributed by atoms with E-state index in [1.54, 1.807) is 0 Å². The molecular weight excluding hydrogens is 344 g/mol. The predicted octanol–water partition coefficient (Wildman–Crippen LogP) is 2.72. The van der Waals surface area contributed by atoms with Crippen molar-refractivity contribution in [2.75, 3.05) is 6.54 Å². The predicted molar refractivity (Wildman–Crippen MR) is 85.3 cm³/mol. The Morgan fingerprint density at radius 3 is 2.55 bits per heavy atom. The first-order chi connectivity index (χ1) is 8.99. The summed E-state index contributed by atoms with van der Waals surface area (Å²) in [4.78, 5) is 12.3. The maximum absolute atomic E-state index is 12.3. The summed E-state index contributed by atoms with van der Waals surface area (Å²) in [5.74, 6) is 0.140. The molecule has 1 aliphatic rings. The highest BCUT2D eigenvalue weighted by molar-refractivity contribution is 9.10. The summed E-state index contributed by atoms with van der Waals surface area (Å²) in [7, 11) is 0. The Balaban J connectivity index is 0.00000200. The van der Waals surface area contributed by atoms with Gasteiger partial charge in [0, 0.05) is 6.54 Å². The molecule has 1 fully saturated rings. The van der Waals surface area contributed by atoms with Gasteiger partial charge in [-0.25, -0.2) is 0 Å². The van der Waals surface area contributed by atoms with E-state index in [0.717, 1.165) is 35.8 Å². The van der Waals surface area contributed by atoms with Gasteiger partial charge in [0.15, 0.2) is 5.69 Å². The fourth-order valence-corrected chi connectivity index (χ4v) is 3.42. The molecule has 0 spiro atoms.